The van der Waals surface area contributed by atoms with E-state index in [9.17, 15) is 14.4 Å². The number of carbonyl (C=O) groups is 3. The fraction of sp³-hybridized carbons (Fsp3) is 0.235. The van der Waals surface area contributed by atoms with Gasteiger partial charge in [-0.25, -0.2) is 0 Å². The molecular formula is C17H17N3O3S. The van der Waals surface area contributed by atoms with Crippen LogP contribution < -0.4 is 15.8 Å². The number of hydrazine groups is 1. The van der Waals surface area contributed by atoms with Crippen LogP contribution in [0.1, 0.15) is 28.1 Å². The molecule has 2 heterocycles. The molecule has 1 fully saturated rings. The first-order valence-corrected chi connectivity index (χ1v) is 8.53. The van der Waals surface area contributed by atoms with Gasteiger partial charge in [0.1, 0.15) is 0 Å². The Balaban J connectivity index is 1.51. The van der Waals surface area contributed by atoms with E-state index in [0.717, 1.165) is 24.2 Å². The van der Waals surface area contributed by atoms with Crippen LogP contribution in [0.4, 0.5) is 5.69 Å². The second-order valence-electron chi connectivity index (χ2n) is 5.47. The van der Waals surface area contributed by atoms with E-state index in [2.05, 4.69) is 10.9 Å². The third kappa shape index (κ3) is 3.80. The topological polar surface area (TPSA) is 78.5 Å². The number of amides is 3. The zero-order chi connectivity index (χ0) is 16.9. The minimum atomic E-state index is -0.332. The summed E-state index contributed by atoms with van der Waals surface area (Å²) in [6.07, 6.45) is 1.62. The van der Waals surface area contributed by atoms with Gasteiger partial charge in [0.05, 0.1) is 11.3 Å². The van der Waals surface area contributed by atoms with Crippen LogP contribution in [0.2, 0.25) is 0 Å². The van der Waals surface area contributed by atoms with Crippen LogP contribution in [0.5, 0.6) is 0 Å². The Hall–Kier alpha value is -2.67. The molecule has 1 aromatic heterocycles. The minimum Gasteiger partial charge on any atom is -0.312 e. The molecule has 2 N–H and O–H groups in total. The molecule has 1 aromatic carbocycles. The van der Waals surface area contributed by atoms with Crippen LogP contribution >= 0.6 is 11.3 Å². The van der Waals surface area contributed by atoms with Gasteiger partial charge in [0, 0.05) is 18.7 Å². The summed E-state index contributed by atoms with van der Waals surface area (Å²) in [7, 11) is 0. The monoisotopic (exact) mass is 343 g/mol. The quantitative estimate of drug-likeness (QED) is 0.832. The number of nitrogens with one attached hydrogen (secondary N) is 2. The molecule has 0 radical (unpaired) electrons. The molecule has 1 aliphatic rings. The molecule has 1 saturated heterocycles. The van der Waals surface area contributed by atoms with E-state index >= 15 is 0 Å². The summed E-state index contributed by atoms with van der Waals surface area (Å²) in [5, 5.41) is 1.80. The first-order valence-electron chi connectivity index (χ1n) is 7.65. The fourth-order valence-electron chi connectivity index (χ4n) is 2.54. The summed E-state index contributed by atoms with van der Waals surface area (Å²) in [6, 6.07) is 10.8. The van der Waals surface area contributed by atoms with Crippen molar-refractivity contribution in [2.75, 3.05) is 11.4 Å². The lowest BCUT2D eigenvalue weighted by atomic mass is 10.1. The Morgan fingerprint density at radius 2 is 1.92 bits per heavy atom. The molecule has 7 heteroatoms. The standard InChI is InChI=1S/C17H17N3O3S/c21-15(18-19-17(23)14-3-2-10-24-14)11-12-5-7-13(8-6-12)20-9-1-4-16(20)22/h2-3,5-8,10H,1,4,9,11H2,(H,18,21)(H,19,23). The SMILES string of the molecule is O=C(Cc1ccc(N2CCCC2=O)cc1)NNC(=O)c1cccs1. The van der Waals surface area contributed by atoms with Crippen molar-refractivity contribution in [2.45, 2.75) is 19.3 Å². The van der Waals surface area contributed by atoms with E-state index < -0.39 is 0 Å². The summed E-state index contributed by atoms with van der Waals surface area (Å²) in [4.78, 5) is 37.6. The normalized spacial score (nSPS) is 13.8. The highest BCUT2D eigenvalue weighted by atomic mass is 32.1. The lowest BCUT2D eigenvalue weighted by molar-refractivity contribution is -0.121. The first kappa shape index (κ1) is 16.2. The van der Waals surface area contributed by atoms with Gasteiger partial charge in [-0.15, -0.1) is 11.3 Å². The Kier molecular flexibility index (Phi) is 4.90. The van der Waals surface area contributed by atoms with E-state index in [-0.39, 0.29) is 24.1 Å². The maximum absolute atomic E-state index is 11.9. The van der Waals surface area contributed by atoms with Gasteiger partial charge in [-0.05, 0) is 35.6 Å². The third-order valence-corrected chi connectivity index (χ3v) is 4.62. The Morgan fingerprint density at radius 1 is 1.12 bits per heavy atom. The molecule has 0 atom stereocenters. The zero-order valence-electron chi connectivity index (χ0n) is 13.0. The zero-order valence-corrected chi connectivity index (χ0v) is 13.8. The Labute approximate surface area is 143 Å². The summed E-state index contributed by atoms with van der Waals surface area (Å²) >= 11 is 1.30. The highest BCUT2D eigenvalue weighted by Gasteiger charge is 2.21. The molecule has 0 bridgehead atoms. The highest BCUT2D eigenvalue weighted by Crippen LogP contribution is 2.21. The maximum atomic E-state index is 11.9. The van der Waals surface area contributed by atoms with Gasteiger partial charge in [-0.3, -0.25) is 25.2 Å². The summed E-state index contributed by atoms with van der Waals surface area (Å²) in [5.74, 6) is -0.497. The lowest BCUT2D eigenvalue weighted by Gasteiger charge is -2.15. The Bertz CT molecular complexity index is 741. The predicted molar refractivity (Wildman–Crippen MR) is 91.7 cm³/mol. The van der Waals surface area contributed by atoms with Crippen LogP contribution in [0, 0.1) is 0 Å². The van der Waals surface area contributed by atoms with Gasteiger partial charge in [0.15, 0.2) is 0 Å². The first-order chi connectivity index (χ1) is 11.6. The maximum Gasteiger partial charge on any atom is 0.279 e. The van der Waals surface area contributed by atoms with Gasteiger partial charge < -0.3 is 4.90 Å². The molecule has 6 nitrogen and oxygen atoms in total. The largest absolute Gasteiger partial charge is 0.312 e. The van der Waals surface area contributed by atoms with E-state index in [1.165, 1.54) is 11.3 Å². The summed E-state index contributed by atoms with van der Waals surface area (Å²) < 4.78 is 0. The van der Waals surface area contributed by atoms with E-state index in [0.29, 0.717) is 11.3 Å². The number of nitrogens with zero attached hydrogens (tertiary/aromatic N) is 1. The van der Waals surface area contributed by atoms with Gasteiger partial charge >= 0.3 is 0 Å². The van der Waals surface area contributed by atoms with Gasteiger partial charge in [-0.1, -0.05) is 18.2 Å². The number of carbonyl (C=O) groups excluding carboxylic acids is 3. The molecular weight excluding hydrogens is 326 g/mol. The van der Waals surface area contributed by atoms with E-state index in [1.807, 2.05) is 24.3 Å². The molecule has 24 heavy (non-hydrogen) atoms. The lowest BCUT2D eigenvalue weighted by Crippen LogP contribution is -2.42. The number of thiophene rings is 1. The molecule has 0 saturated carbocycles. The molecule has 0 unspecified atom stereocenters. The van der Waals surface area contributed by atoms with Gasteiger partial charge in [-0.2, -0.15) is 0 Å². The summed E-state index contributed by atoms with van der Waals surface area (Å²) in [5.41, 5.74) is 6.45. The molecule has 0 spiro atoms. The van der Waals surface area contributed by atoms with Crippen molar-refractivity contribution in [2.24, 2.45) is 0 Å². The number of anilines is 1. The van der Waals surface area contributed by atoms with Gasteiger partial charge in [0.25, 0.3) is 5.91 Å². The van der Waals surface area contributed by atoms with Crippen molar-refractivity contribution in [3.8, 4) is 0 Å². The van der Waals surface area contributed by atoms with Crippen molar-refractivity contribution < 1.29 is 14.4 Å². The van der Waals surface area contributed by atoms with Crippen LogP contribution in [0.15, 0.2) is 41.8 Å². The van der Waals surface area contributed by atoms with E-state index in [1.54, 1.807) is 22.4 Å². The number of benzene rings is 1. The van der Waals surface area contributed by atoms with Crippen molar-refractivity contribution in [1.82, 2.24) is 10.9 Å². The Morgan fingerprint density at radius 3 is 2.54 bits per heavy atom. The van der Waals surface area contributed by atoms with Crippen LogP contribution in [0.25, 0.3) is 0 Å². The summed E-state index contributed by atoms with van der Waals surface area (Å²) in [6.45, 7) is 0.743. The van der Waals surface area contributed by atoms with Crippen LogP contribution in [-0.2, 0) is 16.0 Å². The smallest absolute Gasteiger partial charge is 0.279 e. The second kappa shape index (κ2) is 7.27. The average molecular weight is 343 g/mol. The predicted octanol–water partition coefficient (Wildman–Crippen LogP) is 1.88. The average Bonchev–Trinajstić information content (AvgIpc) is 3.25. The fourth-order valence-corrected chi connectivity index (χ4v) is 3.16. The highest BCUT2D eigenvalue weighted by molar-refractivity contribution is 7.12. The molecule has 0 aliphatic carbocycles. The molecule has 1 aliphatic heterocycles. The molecule has 124 valence electrons. The van der Waals surface area contributed by atoms with Crippen molar-refractivity contribution in [3.05, 3.63) is 52.2 Å². The third-order valence-electron chi connectivity index (χ3n) is 3.75. The van der Waals surface area contributed by atoms with Crippen molar-refractivity contribution in [3.63, 3.8) is 0 Å². The number of hydrogen-bond acceptors (Lipinski definition) is 4. The van der Waals surface area contributed by atoms with Crippen molar-refractivity contribution in [1.29, 1.82) is 0 Å². The minimum absolute atomic E-state index is 0.136. The van der Waals surface area contributed by atoms with Crippen LogP contribution in [0.3, 0.4) is 0 Å². The second-order valence-corrected chi connectivity index (χ2v) is 6.42. The van der Waals surface area contributed by atoms with E-state index in [4.69, 9.17) is 0 Å². The van der Waals surface area contributed by atoms with Crippen LogP contribution in [-0.4, -0.2) is 24.3 Å². The molecule has 3 amide bonds. The molecule has 3 rings (SSSR count). The van der Waals surface area contributed by atoms with Crippen molar-refractivity contribution >= 4 is 34.7 Å². The van der Waals surface area contributed by atoms with Gasteiger partial charge in [0.2, 0.25) is 11.8 Å². The number of rotatable bonds is 4. The number of hydrogen-bond donors (Lipinski definition) is 2. The molecule has 2 aromatic rings.